The van der Waals surface area contributed by atoms with Crippen molar-refractivity contribution in [3.63, 3.8) is 0 Å². The zero-order chi connectivity index (χ0) is 10.5. The van der Waals surface area contributed by atoms with Crippen LogP contribution in [0, 0.1) is 0 Å². The Kier molecular flexibility index (Phi) is 3.42. The van der Waals surface area contributed by atoms with Crippen LogP contribution in [-0.4, -0.2) is 17.0 Å². The molecular formula is C11H13N3S. The molecule has 1 N–H and O–H groups in total. The SMILES string of the molecule is CNC(Cc1ccncc1)c1cscn1. The molecule has 0 saturated carbocycles. The molecule has 0 aliphatic heterocycles. The van der Waals surface area contributed by atoms with Gasteiger partial charge < -0.3 is 5.32 Å². The molecule has 1 unspecified atom stereocenters. The lowest BCUT2D eigenvalue weighted by molar-refractivity contribution is 0.579. The number of hydrogen-bond donors (Lipinski definition) is 1. The highest BCUT2D eigenvalue weighted by Crippen LogP contribution is 2.17. The van der Waals surface area contributed by atoms with E-state index in [9.17, 15) is 0 Å². The molecule has 2 rings (SSSR count). The molecule has 0 saturated heterocycles. The molecule has 0 radical (unpaired) electrons. The first-order valence-electron chi connectivity index (χ1n) is 4.84. The van der Waals surface area contributed by atoms with Crippen molar-refractivity contribution < 1.29 is 0 Å². The Balaban J connectivity index is 2.10. The van der Waals surface area contributed by atoms with Gasteiger partial charge in [-0.15, -0.1) is 11.3 Å². The molecule has 3 nitrogen and oxygen atoms in total. The molecule has 2 aromatic heterocycles. The summed E-state index contributed by atoms with van der Waals surface area (Å²) in [5.74, 6) is 0. The first-order valence-corrected chi connectivity index (χ1v) is 5.78. The van der Waals surface area contributed by atoms with Crippen molar-refractivity contribution in [3.05, 3.63) is 46.7 Å². The van der Waals surface area contributed by atoms with Gasteiger partial charge >= 0.3 is 0 Å². The Morgan fingerprint density at radius 3 is 2.80 bits per heavy atom. The van der Waals surface area contributed by atoms with Gasteiger partial charge in [0.25, 0.3) is 0 Å². The van der Waals surface area contributed by atoms with Gasteiger partial charge in [-0.05, 0) is 31.2 Å². The van der Waals surface area contributed by atoms with Crippen molar-refractivity contribution in [2.45, 2.75) is 12.5 Å². The fourth-order valence-corrected chi connectivity index (χ4v) is 2.11. The number of nitrogens with one attached hydrogen (secondary N) is 1. The molecule has 0 fully saturated rings. The maximum absolute atomic E-state index is 4.32. The highest BCUT2D eigenvalue weighted by molar-refractivity contribution is 7.07. The summed E-state index contributed by atoms with van der Waals surface area (Å²) < 4.78 is 0. The fraction of sp³-hybridized carbons (Fsp3) is 0.273. The number of pyridine rings is 1. The predicted octanol–water partition coefficient (Wildman–Crippen LogP) is 2.04. The highest BCUT2D eigenvalue weighted by atomic mass is 32.1. The molecular weight excluding hydrogens is 206 g/mol. The molecule has 0 spiro atoms. The summed E-state index contributed by atoms with van der Waals surface area (Å²) in [4.78, 5) is 8.33. The van der Waals surface area contributed by atoms with Crippen LogP contribution in [0.4, 0.5) is 0 Å². The van der Waals surface area contributed by atoms with E-state index in [0.29, 0.717) is 6.04 Å². The maximum atomic E-state index is 4.32. The predicted molar refractivity (Wildman–Crippen MR) is 61.9 cm³/mol. The Hall–Kier alpha value is -1.26. The average molecular weight is 219 g/mol. The van der Waals surface area contributed by atoms with Gasteiger partial charge in [0.1, 0.15) is 0 Å². The number of rotatable bonds is 4. The van der Waals surface area contributed by atoms with Crippen molar-refractivity contribution >= 4 is 11.3 Å². The number of nitrogens with zero attached hydrogens (tertiary/aromatic N) is 2. The maximum Gasteiger partial charge on any atom is 0.0795 e. The lowest BCUT2D eigenvalue weighted by atomic mass is 10.1. The molecule has 0 amide bonds. The van der Waals surface area contributed by atoms with Crippen LogP contribution in [0.15, 0.2) is 35.4 Å². The summed E-state index contributed by atoms with van der Waals surface area (Å²) in [7, 11) is 1.96. The van der Waals surface area contributed by atoms with Crippen molar-refractivity contribution in [3.8, 4) is 0 Å². The zero-order valence-corrected chi connectivity index (χ0v) is 9.37. The monoisotopic (exact) mass is 219 g/mol. The second-order valence-corrected chi connectivity index (χ2v) is 4.03. The van der Waals surface area contributed by atoms with Gasteiger partial charge in [0.2, 0.25) is 0 Å². The van der Waals surface area contributed by atoms with Crippen LogP contribution in [0.25, 0.3) is 0 Å². The molecule has 4 heteroatoms. The van der Waals surface area contributed by atoms with Crippen LogP contribution in [0.3, 0.4) is 0 Å². The minimum absolute atomic E-state index is 0.290. The van der Waals surface area contributed by atoms with Crippen LogP contribution in [0.1, 0.15) is 17.3 Å². The number of hydrogen-bond acceptors (Lipinski definition) is 4. The molecule has 0 aromatic carbocycles. The molecule has 1 atom stereocenters. The fourth-order valence-electron chi connectivity index (χ4n) is 1.50. The van der Waals surface area contributed by atoms with Crippen LogP contribution < -0.4 is 5.32 Å². The molecule has 15 heavy (non-hydrogen) atoms. The molecule has 78 valence electrons. The quantitative estimate of drug-likeness (QED) is 0.855. The van der Waals surface area contributed by atoms with E-state index in [-0.39, 0.29) is 0 Å². The lowest BCUT2D eigenvalue weighted by Gasteiger charge is -2.13. The van der Waals surface area contributed by atoms with Gasteiger partial charge in [0.15, 0.2) is 0 Å². The van der Waals surface area contributed by atoms with E-state index in [4.69, 9.17) is 0 Å². The smallest absolute Gasteiger partial charge is 0.0795 e. The van der Waals surface area contributed by atoms with Gasteiger partial charge in [-0.2, -0.15) is 0 Å². The van der Waals surface area contributed by atoms with E-state index in [1.54, 1.807) is 11.3 Å². The van der Waals surface area contributed by atoms with Gasteiger partial charge in [0.05, 0.1) is 17.2 Å². The molecule has 2 aromatic rings. The van der Waals surface area contributed by atoms with E-state index in [0.717, 1.165) is 12.1 Å². The minimum atomic E-state index is 0.290. The van der Waals surface area contributed by atoms with Gasteiger partial charge in [-0.3, -0.25) is 4.98 Å². The third kappa shape index (κ3) is 2.61. The van der Waals surface area contributed by atoms with Crippen LogP contribution >= 0.6 is 11.3 Å². The number of thiazole rings is 1. The zero-order valence-electron chi connectivity index (χ0n) is 8.55. The Labute approximate surface area is 93.2 Å². The van der Waals surface area contributed by atoms with Crippen molar-refractivity contribution in [1.29, 1.82) is 0 Å². The Morgan fingerprint density at radius 1 is 1.40 bits per heavy atom. The minimum Gasteiger partial charge on any atom is -0.311 e. The van der Waals surface area contributed by atoms with E-state index < -0.39 is 0 Å². The second kappa shape index (κ2) is 5.00. The van der Waals surface area contributed by atoms with Crippen LogP contribution in [0.2, 0.25) is 0 Å². The van der Waals surface area contributed by atoms with Crippen molar-refractivity contribution in [1.82, 2.24) is 15.3 Å². The third-order valence-electron chi connectivity index (χ3n) is 2.35. The Morgan fingerprint density at radius 2 is 2.20 bits per heavy atom. The molecule has 0 bridgehead atoms. The van der Waals surface area contributed by atoms with Crippen molar-refractivity contribution in [2.75, 3.05) is 7.05 Å². The molecule has 0 aliphatic rings. The second-order valence-electron chi connectivity index (χ2n) is 3.31. The first kappa shape index (κ1) is 10.3. The third-order valence-corrected chi connectivity index (χ3v) is 2.95. The van der Waals surface area contributed by atoms with E-state index in [1.165, 1.54) is 5.56 Å². The normalized spacial score (nSPS) is 12.6. The Bertz CT molecular complexity index is 385. The highest BCUT2D eigenvalue weighted by Gasteiger charge is 2.11. The van der Waals surface area contributed by atoms with Gasteiger partial charge in [-0.1, -0.05) is 0 Å². The van der Waals surface area contributed by atoms with E-state index in [1.807, 2.05) is 37.1 Å². The lowest BCUT2D eigenvalue weighted by Crippen LogP contribution is -2.19. The standard InChI is InChI=1S/C11H13N3S/c1-12-10(11-7-15-8-14-11)6-9-2-4-13-5-3-9/h2-5,7-8,10,12H,6H2,1H3. The summed E-state index contributed by atoms with van der Waals surface area (Å²) in [5, 5.41) is 5.36. The topological polar surface area (TPSA) is 37.8 Å². The number of aromatic nitrogens is 2. The summed E-state index contributed by atoms with van der Waals surface area (Å²) in [6, 6.07) is 4.37. The van der Waals surface area contributed by atoms with E-state index in [2.05, 4.69) is 20.7 Å². The largest absolute Gasteiger partial charge is 0.311 e. The average Bonchev–Trinajstić information content (AvgIpc) is 2.81. The molecule has 2 heterocycles. The van der Waals surface area contributed by atoms with E-state index >= 15 is 0 Å². The van der Waals surface area contributed by atoms with Gasteiger partial charge in [0, 0.05) is 17.8 Å². The molecule has 0 aliphatic carbocycles. The summed E-state index contributed by atoms with van der Waals surface area (Å²) in [6.45, 7) is 0. The number of likely N-dealkylation sites (N-methyl/N-ethyl adjacent to an activating group) is 1. The first-order chi connectivity index (χ1) is 7.40. The van der Waals surface area contributed by atoms with Gasteiger partial charge in [-0.25, -0.2) is 4.98 Å². The summed E-state index contributed by atoms with van der Waals surface area (Å²) in [5.41, 5.74) is 4.25. The van der Waals surface area contributed by atoms with Crippen LogP contribution in [-0.2, 0) is 6.42 Å². The van der Waals surface area contributed by atoms with Crippen molar-refractivity contribution in [2.24, 2.45) is 0 Å². The summed E-state index contributed by atoms with van der Waals surface area (Å²) >= 11 is 1.63. The summed E-state index contributed by atoms with van der Waals surface area (Å²) in [6.07, 6.45) is 4.59. The van der Waals surface area contributed by atoms with Crippen LogP contribution in [0.5, 0.6) is 0 Å².